The molecule has 1 aromatic rings. The molecule has 5 nitrogen and oxygen atoms in total. The second-order valence-electron chi connectivity index (χ2n) is 6.88. The van der Waals surface area contributed by atoms with Crippen molar-refractivity contribution in [2.75, 3.05) is 19.7 Å². The fourth-order valence-corrected chi connectivity index (χ4v) is 3.36. The average molecular weight is 303 g/mol. The topological polar surface area (TPSA) is 54.5 Å². The molecule has 3 heterocycles. The summed E-state index contributed by atoms with van der Waals surface area (Å²) in [6.07, 6.45) is 4.67. The predicted octanol–water partition coefficient (Wildman–Crippen LogP) is 1.62. The zero-order valence-electron chi connectivity index (χ0n) is 13.6. The van der Waals surface area contributed by atoms with Crippen LogP contribution in [0.15, 0.2) is 18.5 Å². The van der Waals surface area contributed by atoms with Gasteiger partial charge in [0.15, 0.2) is 0 Å². The normalized spacial score (nSPS) is 28.6. The maximum atomic E-state index is 12.3. The minimum absolute atomic E-state index is 0.0256. The summed E-state index contributed by atoms with van der Waals surface area (Å²) in [6.45, 7) is 9.02. The van der Waals surface area contributed by atoms with E-state index in [9.17, 15) is 4.79 Å². The number of pyridine rings is 1. The van der Waals surface area contributed by atoms with E-state index in [0.717, 1.165) is 31.7 Å². The third kappa shape index (κ3) is 3.31. The van der Waals surface area contributed by atoms with Gasteiger partial charge in [0.25, 0.3) is 5.91 Å². The van der Waals surface area contributed by atoms with Gasteiger partial charge >= 0.3 is 0 Å². The Morgan fingerprint density at radius 3 is 2.95 bits per heavy atom. The fraction of sp³-hybridized carbons (Fsp3) is 0.647. The monoisotopic (exact) mass is 303 g/mol. The molecule has 0 unspecified atom stereocenters. The minimum Gasteiger partial charge on any atom is -0.375 e. The van der Waals surface area contributed by atoms with E-state index >= 15 is 0 Å². The molecule has 120 valence electrons. The van der Waals surface area contributed by atoms with E-state index in [-0.39, 0.29) is 11.9 Å². The molecule has 3 rings (SSSR count). The van der Waals surface area contributed by atoms with Crippen LogP contribution in [0.25, 0.3) is 0 Å². The van der Waals surface area contributed by atoms with Crippen molar-refractivity contribution in [2.45, 2.75) is 45.4 Å². The van der Waals surface area contributed by atoms with Crippen LogP contribution in [0.2, 0.25) is 0 Å². The molecular formula is C17H25N3O2. The first-order valence-corrected chi connectivity index (χ1v) is 8.11. The number of aromatic nitrogens is 1. The summed E-state index contributed by atoms with van der Waals surface area (Å²) in [5.74, 6) is 0.510. The van der Waals surface area contributed by atoms with Crippen LogP contribution in [0.3, 0.4) is 0 Å². The molecule has 0 spiro atoms. The van der Waals surface area contributed by atoms with E-state index in [2.05, 4.69) is 29.0 Å². The van der Waals surface area contributed by atoms with Crippen molar-refractivity contribution < 1.29 is 9.53 Å². The Morgan fingerprint density at radius 2 is 2.23 bits per heavy atom. The third-order valence-corrected chi connectivity index (χ3v) is 4.66. The second kappa shape index (κ2) is 6.34. The van der Waals surface area contributed by atoms with Crippen molar-refractivity contribution >= 4 is 5.91 Å². The van der Waals surface area contributed by atoms with Crippen molar-refractivity contribution in [3.05, 3.63) is 29.6 Å². The van der Waals surface area contributed by atoms with Crippen molar-refractivity contribution in [2.24, 2.45) is 5.92 Å². The van der Waals surface area contributed by atoms with Gasteiger partial charge in [0.2, 0.25) is 0 Å². The molecule has 5 heteroatoms. The van der Waals surface area contributed by atoms with Crippen LogP contribution in [0, 0.1) is 12.8 Å². The maximum Gasteiger partial charge on any atom is 0.253 e. The van der Waals surface area contributed by atoms with E-state index < -0.39 is 0 Å². The van der Waals surface area contributed by atoms with Gasteiger partial charge in [0.05, 0.1) is 18.3 Å². The molecule has 2 saturated heterocycles. The number of hydrogen-bond acceptors (Lipinski definition) is 4. The van der Waals surface area contributed by atoms with Crippen molar-refractivity contribution in [1.29, 1.82) is 0 Å². The maximum absolute atomic E-state index is 12.3. The van der Waals surface area contributed by atoms with E-state index in [1.165, 1.54) is 0 Å². The van der Waals surface area contributed by atoms with Gasteiger partial charge in [-0.25, -0.2) is 0 Å². The summed E-state index contributed by atoms with van der Waals surface area (Å²) in [6, 6.07) is 2.52. The van der Waals surface area contributed by atoms with Crippen LogP contribution >= 0.6 is 0 Å². The zero-order chi connectivity index (χ0) is 15.7. The van der Waals surface area contributed by atoms with Crippen LogP contribution in [-0.4, -0.2) is 53.7 Å². The Hall–Kier alpha value is -1.46. The molecule has 1 N–H and O–H groups in total. The molecule has 1 amide bonds. The van der Waals surface area contributed by atoms with E-state index in [4.69, 9.17) is 4.74 Å². The average Bonchev–Trinajstić information content (AvgIpc) is 2.88. The molecule has 22 heavy (non-hydrogen) atoms. The number of amides is 1. The number of hydrogen-bond donors (Lipinski definition) is 1. The molecular weight excluding hydrogens is 278 g/mol. The second-order valence-corrected chi connectivity index (χ2v) is 6.88. The molecule has 2 fully saturated rings. The Kier molecular flexibility index (Phi) is 4.45. The summed E-state index contributed by atoms with van der Waals surface area (Å²) in [7, 11) is 0. The molecule has 3 atom stereocenters. The highest BCUT2D eigenvalue weighted by molar-refractivity contribution is 5.94. The van der Waals surface area contributed by atoms with Gasteiger partial charge in [-0.3, -0.25) is 14.7 Å². The van der Waals surface area contributed by atoms with Gasteiger partial charge in [-0.15, -0.1) is 0 Å². The molecule has 2 aliphatic rings. The minimum atomic E-state index is -0.0256. The molecule has 2 aliphatic heterocycles. The number of fused-ring (bicyclic) bond motifs is 1. The lowest BCUT2D eigenvalue weighted by Crippen LogP contribution is -2.48. The zero-order valence-corrected chi connectivity index (χ0v) is 13.6. The predicted molar refractivity (Wildman–Crippen MR) is 84.8 cm³/mol. The van der Waals surface area contributed by atoms with Crippen molar-refractivity contribution in [3.8, 4) is 0 Å². The summed E-state index contributed by atoms with van der Waals surface area (Å²) >= 11 is 0. The lowest BCUT2D eigenvalue weighted by molar-refractivity contribution is -0.0683. The Labute approximate surface area is 132 Å². The van der Waals surface area contributed by atoms with E-state index in [0.29, 0.717) is 23.6 Å². The van der Waals surface area contributed by atoms with E-state index in [1.807, 2.05) is 13.0 Å². The summed E-state index contributed by atoms with van der Waals surface area (Å²) < 4.78 is 5.94. The number of nitrogens with zero attached hydrogens (tertiary/aromatic N) is 2. The quantitative estimate of drug-likeness (QED) is 0.922. The molecule has 1 aromatic heterocycles. The summed E-state index contributed by atoms with van der Waals surface area (Å²) in [5, 5.41) is 3.15. The number of carbonyl (C=O) groups excluding carboxylic acids is 1. The SMILES string of the molecule is Cc1cncc(C(=O)N[C@H]2C[C@H]3CO[C@H](C(C)C)CN3C2)c1. The molecule has 0 bridgehead atoms. The lowest BCUT2D eigenvalue weighted by atomic mass is 10.0. The smallest absolute Gasteiger partial charge is 0.253 e. The molecule has 0 saturated carbocycles. The van der Waals surface area contributed by atoms with Crippen LogP contribution in [-0.2, 0) is 4.74 Å². The first kappa shape index (κ1) is 15.4. The highest BCUT2D eigenvalue weighted by Gasteiger charge is 2.38. The summed E-state index contributed by atoms with van der Waals surface area (Å²) in [5.41, 5.74) is 1.64. The van der Waals surface area contributed by atoms with Crippen LogP contribution in [0.5, 0.6) is 0 Å². The number of aryl methyl sites for hydroxylation is 1. The van der Waals surface area contributed by atoms with E-state index in [1.54, 1.807) is 12.4 Å². The van der Waals surface area contributed by atoms with Crippen LogP contribution in [0.4, 0.5) is 0 Å². The van der Waals surface area contributed by atoms with Gasteiger partial charge in [-0.05, 0) is 30.9 Å². The highest BCUT2D eigenvalue weighted by atomic mass is 16.5. The first-order valence-electron chi connectivity index (χ1n) is 8.11. The Morgan fingerprint density at radius 1 is 1.41 bits per heavy atom. The van der Waals surface area contributed by atoms with Gasteiger partial charge in [-0.2, -0.15) is 0 Å². The number of carbonyl (C=O) groups is 1. The Balaban J connectivity index is 1.58. The van der Waals surface area contributed by atoms with Gasteiger partial charge in [-0.1, -0.05) is 13.8 Å². The molecule has 0 aromatic carbocycles. The van der Waals surface area contributed by atoms with Gasteiger partial charge in [0, 0.05) is 37.6 Å². The van der Waals surface area contributed by atoms with Gasteiger partial charge in [0.1, 0.15) is 0 Å². The lowest BCUT2D eigenvalue weighted by Gasteiger charge is -2.36. The number of morpholine rings is 1. The first-order chi connectivity index (χ1) is 10.5. The third-order valence-electron chi connectivity index (χ3n) is 4.66. The number of ether oxygens (including phenoxy) is 1. The van der Waals surface area contributed by atoms with Gasteiger partial charge < -0.3 is 10.1 Å². The van der Waals surface area contributed by atoms with Crippen LogP contribution < -0.4 is 5.32 Å². The van der Waals surface area contributed by atoms with Crippen molar-refractivity contribution in [3.63, 3.8) is 0 Å². The molecule has 0 radical (unpaired) electrons. The fourth-order valence-electron chi connectivity index (χ4n) is 3.36. The summed E-state index contributed by atoms with van der Waals surface area (Å²) in [4.78, 5) is 18.9. The number of rotatable bonds is 3. The standard InChI is InChI=1S/C17H25N3O2/c1-11(2)16-9-20-8-14(5-15(20)10-22-16)19-17(21)13-4-12(3)6-18-7-13/h4,6-7,11,14-16H,5,8-10H2,1-3H3,(H,19,21)/t14-,15-,16-/m0/s1. The molecule has 0 aliphatic carbocycles. The Bertz CT molecular complexity index is 546. The van der Waals surface area contributed by atoms with Crippen molar-refractivity contribution in [1.82, 2.24) is 15.2 Å². The number of nitrogens with one attached hydrogen (secondary N) is 1. The largest absolute Gasteiger partial charge is 0.375 e. The van der Waals surface area contributed by atoms with Crippen LogP contribution in [0.1, 0.15) is 36.2 Å². The highest BCUT2D eigenvalue weighted by Crippen LogP contribution is 2.25.